The van der Waals surface area contributed by atoms with Crippen molar-refractivity contribution in [2.45, 2.75) is 12.2 Å². The number of H-pyrrole nitrogens is 1. The number of hydrogen-bond donors (Lipinski definition) is 2. The fourth-order valence-electron chi connectivity index (χ4n) is 0.740. The summed E-state index contributed by atoms with van der Waals surface area (Å²) < 4.78 is 36.5. The maximum absolute atomic E-state index is 12.0. The highest BCUT2D eigenvalue weighted by molar-refractivity contribution is 9.10. The highest BCUT2D eigenvalue weighted by Gasteiger charge is 2.38. The maximum atomic E-state index is 12.0. The number of hydrogen-bond acceptors (Lipinski definition) is 1. The Morgan fingerprint density at radius 1 is 1.50 bits per heavy atom. The minimum absolute atomic E-state index is 0.0469. The predicted octanol–water partition coefficient (Wildman–Crippen LogP) is 2.34. The summed E-state index contributed by atoms with van der Waals surface area (Å²) in [6.45, 7) is 0. The van der Waals surface area contributed by atoms with Gasteiger partial charge < -0.3 is 10.7 Å². The lowest BCUT2D eigenvalue weighted by molar-refractivity contribution is -0.149. The second kappa shape index (κ2) is 3.10. The Hall–Kier alpha value is -0.490. The maximum Gasteiger partial charge on any atom is 0.409 e. The Morgan fingerprint density at radius 3 is 2.42 bits per heavy atom. The van der Waals surface area contributed by atoms with Gasteiger partial charge in [0.05, 0.1) is 0 Å². The summed E-state index contributed by atoms with van der Waals surface area (Å²) in [5, 5.41) is 0. The summed E-state index contributed by atoms with van der Waals surface area (Å²) in [5.41, 5.74) is 4.86. The van der Waals surface area contributed by atoms with Crippen molar-refractivity contribution in [3.8, 4) is 0 Å². The molecule has 1 atom stereocenters. The molecule has 0 fully saturated rings. The van der Waals surface area contributed by atoms with Crippen molar-refractivity contribution in [2.24, 2.45) is 5.73 Å². The number of aromatic nitrogens is 1. The Bertz CT molecular complexity index is 268. The molecular formula is C6H6BrF3N2. The summed E-state index contributed by atoms with van der Waals surface area (Å²) >= 11 is 3.01. The molecule has 0 saturated carbocycles. The first-order valence-electron chi connectivity index (χ1n) is 3.07. The van der Waals surface area contributed by atoms with Crippen LogP contribution >= 0.6 is 15.9 Å². The Balaban J connectivity index is 2.85. The van der Waals surface area contributed by atoms with Crippen LogP contribution in [0.1, 0.15) is 11.7 Å². The molecule has 0 unspecified atom stereocenters. The van der Waals surface area contributed by atoms with Gasteiger partial charge in [-0.15, -0.1) is 0 Å². The van der Waals surface area contributed by atoms with Gasteiger partial charge in [-0.25, -0.2) is 0 Å². The lowest BCUT2D eigenvalue weighted by atomic mass is 10.2. The summed E-state index contributed by atoms with van der Waals surface area (Å²) in [5.74, 6) is 0. The molecule has 1 aromatic heterocycles. The quantitative estimate of drug-likeness (QED) is 0.780. The van der Waals surface area contributed by atoms with Crippen LogP contribution in [0.2, 0.25) is 0 Å². The van der Waals surface area contributed by atoms with Crippen LogP contribution < -0.4 is 5.73 Å². The molecular weight excluding hydrogens is 237 g/mol. The van der Waals surface area contributed by atoms with Gasteiger partial charge in [0.2, 0.25) is 0 Å². The number of nitrogens with one attached hydrogen (secondary N) is 1. The van der Waals surface area contributed by atoms with Gasteiger partial charge in [0.15, 0.2) is 0 Å². The molecule has 0 bridgehead atoms. The van der Waals surface area contributed by atoms with E-state index in [4.69, 9.17) is 5.73 Å². The second-order valence-electron chi connectivity index (χ2n) is 2.29. The first-order valence-corrected chi connectivity index (χ1v) is 3.86. The Kier molecular flexibility index (Phi) is 2.48. The molecule has 0 aliphatic rings. The van der Waals surface area contributed by atoms with Gasteiger partial charge in [0, 0.05) is 16.4 Å². The Labute approximate surface area is 75.1 Å². The third kappa shape index (κ3) is 2.01. The fourth-order valence-corrected chi connectivity index (χ4v) is 1.10. The smallest absolute Gasteiger partial charge is 0.362 e. The Morgan fingerprint density at radius 2 is 2.08 bits per heavy atom. The van der Waals surface area contributed by atoms with Gasteiger partial charge >= 0.3 is 6.18 Å². The van der Waals surface area contributed by atoms with Gasteiger partial charge in [0.1, 0.15) is 6.04 Å². The van der Waals surface area contributed by atoms with Crippen LogP contribution in [0.15, 0.2) is 16.7 Å². The molecule has 6 heteroatoms. The van der Waals surface area contributed by atoms with Crippen LogP contribution in [-0.2, 0) is 0 Å². The van der Waals surface area contributed by atoms with Crippen molar-refractivity contribution < 1.29 is 13.2 Å². The number of halogens is 4. The van der Waals surface area contributed by atoms with Crippen LogP contribution in [0.4, 0.5) is 13.2 Å². The van der Waals surface area contributed by atoms with E-state index in [9.17, 15) is 13.2 Å². The average Bonchev–Trinajstić information content (AvgIpc) is 2.32. The summed E-state index contributed by atoms with van der Waals surface area (Å²) in [4.78, 5) is 2.42. The number of aromatic amines is 1. The van der Waals surface area contributed by atoms with E-state index < -0.39 is 12.2 Å². The van der Waals surface area contributed by atoms with Gasteiger partial charge in [0.25, 0.3) is 0 Å². The molecule has 0 aromatic carbocycles. The predicted molar refractivity (Wildman–Crippen MR) is 41.5 cm³/mol. The van der Waals surface area contributed by atoms with E-state index in [1.807, 2.05) is 0 Å². The molecule has 0 saturated heterocycles. The van der Waals surface area contributed by atoms with Crippen molar-refractivity contribution >= 4 is 15.9 Å². The molecule has 2 nitrogen and oxygen atoms in total. The van der Waals surface area contributed by atoms with Gasteiger partial charge in [-0.2, -0.15) is 13.2 Å². The number of nitrogens with two attached hydrogens (primary N) is 1. The molecule has 12 heavy (non-hydrogen) atoms. The molecule has 0 spiro atoms. The first-order chi connectivity index (χ1) is 5.41. The average molecular weight is 243 g/mol. The summed E-state index contributed by atoms with van der Waals surface area (Å²) in [6.07, 6.45) is -2.99. The van der Waals surface area contributed by atoms with Gasteiger partial charge in [-0.05, 0) is 22.0 Å². The van der Waals surface area contributed by atoms with E-state index in [0.29, 0.717) is 4.47 Å². The molecule has 1 aromatic rings. The number of alkyl halides is 3. The van der Waals surface area contributed by atoms with Crippen LogP contribution in [0.5, 0.6) is 0 Å². The van der Waals surface area contributed by atoms with E-state index in [2.05, 4.69) is 20.9 Å². The van der Waals surface area contributed by atoms with Crippen LogP contribution in [0.25, 0.3) is 0 Å². The van der Waals surface area contributed by atoms with Gasteiger partial charge in [-0.3, -0.25) is 0 Å². The lowest BCUT2D eigenvalue weighted by Gasteiger charge is -2.13. The first kappa shape index (κ1) is 9.60. The third-order valence-corrected chi connectivity index (χ3v) is 1.82. The third-order valence-electron chi connectivity index (χ3n) is 1.36. The normalized spacial score (nSPS) is 14.8. The molecule has 0 aliphatic heterocycles. The fraction of sp³-hybridized carbons (Fsp3) is 0.333. The van der Waals surface area contributed by atoms with Crippen LogP contribution in [-0.4, -0.2) is 11.2 Å². The second-order valence-corrected chi connectivity index (χ2v) is 3.21. The van der Waals surface area contributed by atoms with Gasteiger partial charge in [-0.1, -0.05) is 0 Å². The molecule has 1 heterocycles. The zero-order chi connectivity index (χ0) is 9.35. The molecule has 0 radical (unpaired) electrons. The van der Waals surface area contributed by atoms with E-state index >= 15 is 0 Å². The molecule has 1 rings (SSSR count). The highest BCUT2D eigenvalue weighted by atomic mass is 79.9. The zero-order valence-corrected chi connectivity index (χ0v) is 7.41. The zero-order valence-electron chi connectivity index (χ0n) is 5.82. The van der Waals surface area contributed by atoms with Crippen LogP contribution in [0.3, 0.4) is 0 Å². The summed E-state index contributed by atoms with van der Waals surface area (Å²) in [7, 11) is 0. The molecule has 0 aliphatic carbocycles. The summed E-state index contributed by atoms with van der Waals surface area (Å²) in [6, 6.07) is -0.637. The molecule has 68 valence electrons. The van der Waals surface area contributed by atoms with Crippen molar-refractivity contribution in [1.29, 1.82) is 0 Å². The lowest BCUT2D eigenvalue weighted by Crippen LogP contribution is -2.28. The minimum atomic E-state index is -4.40. The van der Waals surface area contributed by atoms with Crippen molar-refractivity contribution in [3.05, 3.63) is 22.4 Å². The SMILES string of the molecule is N[C@H](c1cc(Br)c[nH]1)C(F)(F)F. The molecule has 3 N–H and O–H groups in total. The standard InChI is InChI=1S/C6H6BrF3N2/c7-3-1-4(12-2-3)5(11)6(8,9)10/h1-2,5,12H,11H2/t5-/m1/s1. The van der Waals surface area contributed by atoms with Crippen molar-refractivity contribution in [2.75, 3.05) is 0 Å². The highest BCUT2D eigenvalue weighted by Crippen LogP contribution is 2.30. The monoisotopic (exact) mass is 242 g/mol. The van der Waals surface area contributed by atoms with E-state index in [1.54, 1.807) is 0 Å². The number of rotatable bonds is 1. The van der Waals surface area contributed by atoms with Crippen molar-refractivity contribution in [3.63, 3.8) is 0 Å². The topological polar surface area (TPSA) is 41.8 Å². The van der Waals surface area contributed by atoms with Crippen molar-refractivity contribution in [1.82, 2.24) is 4.98 Å². The largest absolute Gasteiger partial charge is 0.409 e. The van der Waals surface area contributed by atoms with E-state index in [-0.39, 0.29) is 5.69 Å². The van der Waals surface area contributed by atoms with E-state index in [0.717, 1.165) is 0 Å². The van der Waals surface area contributed by atoms with E-state index in [1.165, 1.54) is 12.3 Å². The molecule has 0 amide bonds. The minimum Gasteiger partial charge on any atom is -0.362 e. The van der Waals surface area contributed by atoms with Crippen LogP contribution in [0, 0.1) is 0 Å².